The standard InChI is InChI=1S/C18H32N2O2/c1-13(2)11-16(20-10-5-4-9-17(20)21)18(22)19-15-8-6-7-14(3)12-15/h13-16H,4-12H2,1-3H3,(H,19,22)/t14-,15+,16-/m1/s1. The van der Waals surface area contributed by atoms with Gasteiger partial charge in [0.15, 0.2) is 0 Å². The molecule has 4 nitrogen and oxygen atoms in total. The lowest BCUT2D eigenvalue weighted by Gasteiger charge is -2.36. The lowest BCUT2D eigenvalue weighted by molar-refractivity contribution is -0.143. The third kappa shape index (κ3) is 4.72. The number of rotatable bonds is 5. The Morgan fingerprint density at radius 2 is 2.05 bits per heavy atom. The SMILES string of the molecule is CC(C)C[C@H](C(=O)N[C@H]1CCC[C@@H](C)C1)N1CCCCC1=O. The van der Waals surface area contributed by atoms with Crippen LogP contribution in [0.5, 0.6) is 0 Å². The van der Waals surface area contributed by atoms with Crippen molar-refractivity contribution in [1.82, 2.24) is 10.2 Å². The number of carbonyl (C=O) groups excluding carboxylic acids is 2. The number of hydrogen-bond acceptors (Lipinski definition) is 2. The second-order valence-electron chi connectivity index (χ2n) is 7.67. The molecule has 2 aliphatic rings. The highest BCUT2D eigenvalue weighted by molar-refractivity contribution is 5.88. The maximum Gasteiger partial charge on any atom is 0.243 e. The number of amides is 2. The zero-order valence-electron chi connectivity index (χ0n) is 14.4. The highest BCUT2D eigenvalue weighted by atomic mass is 16.2. The largest absolute Gasteiger partial charge is 0.352 e. The lowest BCUT2D eigenvalue weighted by Crippen LogP contribution is -2.54. The summed E-state index contributed by atoms with van der Waals surface area (Å²) in [6.45, 7) is 7.25. The third-order valence-corrected chi connectivity index (χ3v) is 5.02. The Bertz CT molecular complexity index is 395. The first-order valence-electron chi connectivity index (χ1n) is 9.07. The Morgan fingerprint density at radius 3 is 2.68 bits per heavy atom. The van der Waals surface area contributed by atoms with Crippen LogP contribution in [-0.4, -0.2) is 35.3 Å². The molecule has 1 saturated heterocycles. The van der Waals surface area contributed by atoms with Gasteiger partial charge in [-0.05, 0) is 43.9 Å². The van der Waals surface area contributed by atoms with Gasteiger partial charge in [0.2, 0.25) is 11.8 Å². The van der Waals surface area contributed by atoms with E-state index >= 15 is 0 Å². The summed E-state index contributed by atoms with van der Waals surface area (Å²) in [4.78, 5) is 26.8. The van der Waals surface area contributed by atoms with Crippen LogP contribution in [0, 0.1) is 11.8 Å². The minimum atomic E-state index is -0.273. The molecule has 2 rings (SSSR count). The quantitative estimate of drug-likeness (QED) is 0.848. The van der Waals surface area contributed by atoms with Crippen LogP contribution < -0.4 is 5.32 Å². The highest BCUT2D eigenvalue weighted by Crippen LogP contribution is 2.25. The molecule has 0 unspecified atom stereocenters. The smallest absolute Gasteiger partial charge is 0.243 e. The number of piperidine rings is 1. The normalized spacial score (nSPS) is 27.8. The fourth-order valence-electron chi connectivity index (χ4n) is 3.84. The van der Waals surface area contributed by atoms with Crippen LogP contribution in [0.15, 0.2) is 0 Å². The Morgan fingerprint density at radius 1 is 1.27 bits per heavy atom. The average Bonchev–Trinajstić information content (AvgIpc) is 2.45. The first-order chi connectivity index (χ1) is 10.5. The zero-order valence-corrected chi connectivity index (χ0v) is 14.4. The molecular weight excluding hydrogens is 276 g/mol. The van der Waals surface area contributed by atoms with Gasteiger partial charge in [0, 0.05) is 19.0 Å². The van der Waals surface area contributed by atoms with Crippen molar-refractivity contribution >= 4 is 11.8 Å². The van der Waals surface area contributed by atoms with Crippen LogP contribution in [0.1, 0.15) is 72.1 Å². The molecule has 2 fully saturated rings. The minimum Gasteiger partial charge on any atom is -0.352 e. The van der Waals surface area contributed by atoms with Gasteiger partial charge < -0.3 is 10.2 Å². The molecule has 3 atom stereocenters. The van der Waals surface area contributed by atoms with E-state index in [0.717, 1.165) is 38.6 Å². The van der Waals surface area contributed by atoms with Crippen molar-refractivity contribution in [2.45, 2.75) is 84.2 Å². The summed E-state index contributed by atoms with van der Waals surface area (Å²) in [5.74, 6) is 1.34. The molecule has 4 heteroatoms. The number of carbonyl (C=O) groups is 2. The van der Waals surface area contributed by atoms with Crippen molar-refractivity contribution in [2.24, 2.45) is 11.8 Å². The lowest BCUT2D eigenvalue weighted by atomic mass is 9.87. The van der Waals surface area contributed by atoms with Crippen LogP contribution in [0.25, 0.3) is 0 Å². The highest BCUT2D eigenvalue weighted by Gasteiger charge is 2.33. The van der Waals surface area contributed by atoms with E-state index in [2.05, 4.69) is 26.1 Å². The third-order valence-electron chi connectivity index (χ3n) is 5.02. The van der Waals surface area contributed by atoms with E-state index < -0.39 is 0 Å². The van der Waals surface area contributed by atoms with Crippen molar-refractivity contribution in [3.8, 4) is 0 Å². The fourth-order valence-corrected chi connectivity index (χ4v) is 3.84. The van der Waals surface area contributed by atoms with E-state index in [4.69, 9.17) is 0 Å². The molecule has 0 aromatic rings. The first kappa shape index (κ1) is 17.3. The molecular formula is C18H32N2O2. The van der Waals surface area contributed by atoms with Gasteiger partial charge in [0.1, 0.15) is 6.04 Å². The number of nitrogens with zero attached hydrogens (tertiary/aromatic N) is 1. The summed E-state index contributed by atoms with van der Waals surface area (Å²) in [5, 5.41) is 3.24. The monoisotopic (exact) mass is 308 g/mol. The van der Waals surface area contributed by atoms with Crippen LogP contribution in [0.4, 0.5) is 0 Å². The molecule has 0 aromatic carbocycles. The summed E-state index contributed by atoms with van der Waals surface area (Å²) in [6, 6.07) is 0.0239. The molecule has 1 saturated carbocycles. The maximum absolute atomic E-state index is 12.8. The van der Waals surface area contributed by atoms with E-state index in [1.807, 2.05) is 4.90 Å². The van der Waals surface area contributed by atoms with Crippen molar-refractivity contribution in [3.05, 3.63) is 0 Å². The number of nitrogens with one attached hydrogen (secondary N) is 1. The second kappa shape index (κ2) is 7.98. The van der Waals surface area contributed by atoms with Gasteiger partial charge in [0.05, 0.1) is 0 Å². The second-order valence-corrected chi connectivity index (χ2v) is 7.67. The average molecular weight is 308 g/mol. The van der Waals surface area contributed by atoms with Gasteiger partial charge in [-0.2, -0.15) is 0 Å². The molecule has 126 valence electrons. The van der Waals surface area contributed by atoms with Crippen molar-refractivity contribution in [1.29, 1.82) is 0 Å². The van der Waals surface area contributed by atoms with Gasteiger partial charge in [-0.25, -0.2) is 0 Å². The van der Waals surface area contributed by atoms with Crippen LogP contribution in [-0.2, 0) is 9.59 Å². The van der Waals surface area contributed by atoms with Crippen LogP contribution in [0.2, 0.25) is 0 Å². The van der Waals surface area contributed by atoms with Crippen molar-refractivity contribution in [2.75, 3.05) is 6.54 Å². The molecule has 1 N–H and O–H groups in total. The Labute approximate surface area is 135 Å². The first-order valence-corrected chi connectivity index (χ1v) is 9.07. The minimum absolute atomic E-state index is 0.0723. The maximum atomic E-state index is 12.8. The summed E-state index contributed by atoms with van der Waals surface area (Å²) in [6.07, 6.45) is 7.98. The number of likely N-dealkylation sites (tertiary alicyclic amines) is 1. The molecule has 0 radical (unpaired) electrons. The van der Waals surface area contributed by atoms with Crippen LogP contribution in [0.3, 0.4) is 0 Å². The van der Waals surface area contributed by atoms with E-state index in [9.17, 15) is 9.59 Å². The summed E-state index contributed by atoms with van der Waals surface area (Å²) in [5.41, 5.74) is 0. The van der Waals surface area contributed by atoms with E-state index in [1.165, 1.54) is 12.8 Å². The van der Waals surface area contributed by atoms with Gasteiger partial charge in [0.25, 0.3) is 0 Å². The van der Waals surface area contributed by atoms with Crippen LogP contribution >= 0.6 is 0 Å². The topological polar surface area (TPSA) is 49.4 Å². The van der Waals surface area contributed by atoms with E-state index in [-0.39, 0.29) is 17.9 Å². The molecule has 1 aliphatic carbocycles. The molecule has 0 bridgehead atoms. The number of hydrogen-bond donors (Lipinski definition) is 1. The van der Waals surface area contributed by atoms with Gasteiger partial charge in [-0.1, -0.05) is 33.6 Å². The fraction of sp³-hybridized carbons (Fsp3) is 0.889. The van der Waals surface area contributed by atoms with Crippen molar-refractivity contribution in [3.63, 3.8) is 0 Å². The molecule has 1 heterocycles. The molecule has 2 amide bonds. The predicted molar refractivity (Wildman–Crippen MR) is 88.4 cm³/mol. The summed E-state index contributed by atoms with van der Waals surface area (Å²) < 4.78 is 0. The molecule has 0 spiro atoms. The van der Waals surface area contributed by atoms with Gasteiger partial charge in [-0.15, -0.1) is 0 Å². The molecule has 22 heavy (non-hydrogen) atoms. The van der Waals surface area contributed by atoms with Gasteiger partial charge in [-0.3, -0.25) is 9.59 Å². The Kier molecular flexibility index (Phi) is 6.27. The van der Waals surface area contributed by atoms with E-state index in [1.54, 1.807) is 0 Å². The summed E-state index contributed by atoms with van der Waals surface area (Å²) in [7, 11) is 0. The van der Waals surface area contributed by atoms with E-state index in [0.29, 0.717) is 24.3 Å². The Balaban J connectivity index is 2.00. The zero-order chi connectivity index (χ0) is 16.1. The Hall–Kier alpha value is -1.06. The summed E-state index contributed by atoms with van der Waals surface area (Å²) >= 11 is 0. The molecule has 1 aliphatic heterocycles. The predicted octanol–water partition coefficient (Wildman–Crippen LogP) is 3.11. The van der Waals surface area contributed by atoms with Crippen molar-refractivity contribution < 1.29 is 9.59 Å². The molecule has 0 aromatic heterocycles. The van der Waals surface area contributed by atoms with Gasteiger partial charge >= 0.3 is 0 Å².